The van der Waals surface area contributed by atoms with Crippen LogP contribution in [0, 0.1) is 6.92 Å². The van der Waals surface area contributed by atoms with Gasteiger partial charge >= 0.3 is 0 Å². The molecule has 32 heavy (non-hydrogen) atoms. The number of sulfonamides is 2. The summed E-state index contributed by atoms with van der Waals surface area (Å²) in [5.74, 6) is 0.599. The van der Waals surface area contributed by atoms with E-state index in [-0.39, 0.29) is 36.0 Å². The molecule has 1 aromatic heterocycles. The maximum absolute atomic E-state index is 13.4. The first-order valence-electron chi connectivity index (χ1n) is 10.3. The van der Waals surface area contributed by atoms with Crippen LogP contribution in [0.15, 0.2) is 64.5 Å². The zero-order valence-corrected chi connectivity index (χ0v) is 19.6. The Labute approximate surface area is 188 Å². The summed E-state index contributed by atoms with van der Waals surface area (Å²) in [4.78, 5) is 4.67. The number of fused-ring (bicyclic) bond motifs is 1. The molecule has 170 valence electrons. The van der Waals surface area contributed by atoms with Crippen LogP contribution in [0.1, 0.15) is 12.5 Å². The molecule has 0 saturated carbocycles. The Bertz CT molecular complexity index is 1330. The first kappa shape index (κ1) is 22.7. The summed E-state index contributed by atoms with van der Waals surface area (Å²) in [6.07, 6.45) is 1.64. The molecule has 1 fully saturated rings. The summed E-state index contributed by atoms with van der Waals surface area (Å²) < 4.78 is 60.7. The molecule has 2 heterocycles. The Balaban J connectivity index is 1.54. The number of pyridine rings is 1. The summed E-state index contributed by atoms with van der Waals surface area (Å²) in [7, 11) is -7.52. The van der Waals surface area contributed by atoms with Gasteiger partial charge in [0.15, 0.2) is 0 Å². The molecule has 0 radical (unpaired) electrons. The molecule has 1 aliphatic rings. The fraction of sp³-hybridized carbons (Fsp3) is 0.318. The lowest BCUT2D eigenvalue weighted by atomic mass is 10.1. The second kappa shape index (κ2) is 8.78. The van der Waals surface area contributed by atoms with Crippen LogP contribution in [0.25, 0.3) is 10.9 Å². The largest absolute Gasteiger partial charge is 0.494 e. The summed E-state index contributed by atoms with van der Waals surface area (Å²) in [6, 6.07) is 13.1. The Morgan fingerprint density at radius 1 is 0.875 bits per heavy atom. The maximum atomic E-state index is 13.4. The van der Waals surface area contributed by atoms with Crippen LogP contribution in [0.5, 0.6) is 5.75 Å². The maximum Gasteiger partial charge on any atom is 0.243 e. The number of nitrogens with zero attached hydrogens (tertiary/aromatic N) is 3. The van der Waals surface area contributed by atoms with Gasteiger partial charge in [0.2, 0.25) is 20.0 Å². The number of aryl methyl sites for hydroxylation is 1. The normalized spacial score (nSPS) is 16.3. The molecule has 1 aliphatic heterocycles. The van der Waals surface area contributed by atoms with Gasteiger partial charge < -0.3 is 4.74 Å². The highest BCUT2D eigenvalue weighted by Gasteiger charge is 2.34. The van der Waals surface area contributed by atoms with E-state index in [1.54, 1.807) is 42.6 Å². The standard InChI is InChI=1S/C22H25N3O5S2/c1-3-30-18-7-9-19(10-8-18)31(26,27)24-13-15-25(16-14-24)32(28,29)21-11-6-17(2)22-20(21)5-4-12-23-22/h4-12H,3,13-16H2,1-2H3. The molecule has 10 heteroatoms. The second-order valence-electron chi connectivity index (χ2n) is 7.49. The van der Waals surface area contributed by atoms with Crippen molar-refractivity contribution in [3.05, 3.63) is 60.3 Å². The Morgan fingerprint density at radius 3 is 2.12 bits per heavy atom. The minimum absolute atomic E-state index is 0.0776. The SMILES string of the molecule is CCOc1ccc(S(=O)(=O)N2CCN(S(=O)(=O)c3ccc(C)c4ncccc34)CC2)cc1. The molecule has 0 N–H and O–H groups in total. The summed E-state index contributed by atoms with van der Waals surface area (Å²) >= 11 is 0. The summed E-state index contributed by atoms with van der Waals surface area (Å²) in [5.41, 5.74) is 1.54. The van der Waals surface area contributed by atoms with Gasteiger partial charge in [0, 0.05) is 37.8 Å². The van der Waals surface area contributed by atoms with Crippen LogP contribution in [-0.2, 0) is 20.0 Å². The highest BCUT2D eigenvalue weighted by atomic mass is 32.2. The Morgan fingerprint density at radius 2 is 1.50 bits per heavy atom. The van der Waals surface area contributed by atoms with Crippen molar-refractivity contribution in [1.82, 2.24) is 13.6 Å². The van der Waals surface area contributed by atoms with Crippen molar-refractivity contribution < 1.29 is 21.6 Å². The molecule has 0 amide bonds. The molecule has 0 aliphatic carbocycles. The fourth-order valence-electron chi connectivity index (χ4n) is 3.83. The molecule has 0 unspecified atom stereocenters. The minimum Gasteiger partial charge on any atom is -0.494 e. The molecule has 0 bridgehead atoms. The molecular weight excluding hydrogens is 450 g/mol. The first-order chi connectivity index (χ1) is 15.2. The van der Waals surface area contributed by atoms with Crippen molar-refractivity contribution in [3.63, 3.8) is 0 Å². The van der Waals surface area contributed by atoms with Crippen molar-refractivity contribution in [3.8, 4) is 5.75 Å². The number of ether oxygens (including phenoxy) is 1. The van der Waals surface area contributed by atoms with E-state index in [1.807, 2.05) is 13.8 Å². The highest BCUT2D eigenvalue weighted by Crippen LogP contribution is 2.28. The predicted molar refractivity (Wildman–Crippen MR) is 122 cm³/mol. The van der Waals surface area contributed by atoms with Crippen molar-refractivity contribution >= 4 is 30.9 Å². The van der Waals surface area contributed by atoms with E-state index >= 15 is 0 Å². The van der Waals surface area contributed by atoms with Gasteiger partial charge in [-0.25, -0.2) is 16.8 Å². The van der Waals surface area contributed by atoms with Crippen molar-refractivity contribution in [2.24, 2.45) is 0 Å². The number of piperazine rings is 1. The third kappa shape index (κ3) is 4.11. The molecule has 8 nitrogen and oxygen atoms in total. The average molecular weight is 476 g/mol. The molecule has 4 rings (SSSR count). The molecular formula is C22H25N3O5S2. The van der Waals surface area contributed by atoms with Crippen LogP contribution in [0.3, 0.4) is 0 Å². The average Bonchev–Trinajstić information content (AvgIpc) is 2.80. The Kier molecular flexibility index (Phi) is 6.22. The lowest BCUT2D eigenvalue weighted by molar-refractivity contribution is 0.273. The quantitative estimate of drug-likeness (QED) is 0.544. The van der Waals surface area contributed by atoms with Gasteiger partial charge in [-0.3, -0.25) is 4.98 Å². The predicted octanol–water partition coefficient (Wildman–Crippen LogP) is 2.64. The first-order valence-corrected chi connectivity index (χ1v) is 13.2. The van der Waals surface area contributed by atoms with Crippen molar-refractivity contribution in [1.29, 1.82) is 0 Å². The zero-order valence-electron chi connectivity index (χ0n) is 17.9. The smallest absolute Gasteiger partial charge is 0.243 e. The topological polar surface area (TPSA) is 96.9 Å². The number of aromatic nitrogens is 1. The van der Waals surface area contributed by atoms with E-state index in [4.69, 9.17) is 4.74 Å². The van der Waals surface area contributed by atoms with Crippen LogP contribution in [0.4, 0.5) is 0 Å². The minimum atomic E-state index is -3.80. The van der Waals surface area contributed by atoms with Crippen molar-refractivity contribution in [2.75, 3.05) is 32.8 Å². The van der Waals surface area contributed by atoms with E-state index < -0.39 is 20.0 Å². The fourth-order valence-corrected chi connectivity index (χ4v) is 6.85. The van der Waals surface area contributed by atoms with E-state index in [1.165, 1.54) is 20.7 Å². The second-order valence-corrected chi connectivity index (χ2v) is 11.3. The third-order valence-electron chi connectivity index (χ3n) is 5.52. The molecule has 2 aromatic carbocycles. The third-order valence-corrected chi connectivity index (χ3v) is 9.39. The van der Waals surface area contributed by atoms with Gasteiger partial charge in [0.05, 0.1) is 21.9 Å². The summed E-state index contributed by atoms with van der Waals surface area (Å²) in [6.45, 7) is 4.55. The van der Waals surface area contributed by atoms with E-state index in [9.17, 15) is 16.8 Å². The monoisotopic (exact) mass is 475 g/mol. The van der Waals surface area contributed by atoms with E-state index in [0.29, 0.717) is 23.3 Å². The zero-order chi connectivity index (χ0) is 22.9. The van der Waals surface area contributed by atoms with Gasteiger partial charge in [-0.1, -0.05) is 6.07 Å². The van der Waals surface area contributed by atoms with Crippen LogP contribution in [-0.4, -0.2) is 63.2 Å². The van der Waals surface area contributed by atoms with Crippen LogP contribution < -0.4 is 4.74 Å². The molecule has 1 saturated heterocycles. The lowest BCUT2D eigenvalue weighted by Gasteiger charge is -2.33. The highest BCUT2D eigenvalue weighted by molar-refractivity contribution is 7.89. The molecule has 0 spiro atoms. The number of benzene rings is 2. The Hall–Kier alpha value is -2.53. The number of rotatable bonds is 6. The van der Waals surface area contributed by atoms with Gasteiger partial charge in [0.1, 0.15) is 5.75 Å². The van der Waals surface area contributed by atoms with Gasteiger partial charge in [-0.05, 0) is 61.9 Å². The van der Waals surface area contributed by atoms with Gasteiger partial charge in [-0.2, -0.15) is 8.61 Å². The van der Waals surface area contributed by atoms with E-state index in [0.717, 1.165) is 5.56 Å². The van der Waals surface area contributed by atoms with E-state index in [2.05, 4.69) is 4.98 Å². The summed E-state index contributed by atoms with van der Waals surface area (Å²) in [5, 5.41) is 0.567. The van der Waals surface area contributed by atoms with Crippen LogP contribution >= 0.6 is 0 Å². The van der Waals surface area contributed by atoms with Gasteiger partial charge in [-0.15, -0.1) is 0 Å². The lowest BCUT2D eigenvalue weighted by Crippen LogP contribution is -2.50. The molecule has 0 atom stereocenters. The molecule has 3 aromatic rings. The number of hydrogen-bond acceptors (Lipinski definition) is 6. The number of hydrogen-bond donors (Lipinski definition) is 0. The van der Waals surface area contributed by atoms with Crippen molar-refractivity contribution in [2.45, 2.75) is 23.6 Å². The van der Waals surface area contributed by atoms with Crippen LogP contribution in [0.2, 0.25) is 0 Å². The van der Waals surface area contributed by atoms with Gasteiger partial charge in [0.25, 0.3) is 0 Å².